The third-order valence-corrected chi connectivity index (χ3v) is 6.81. The number of hydrogen-bond donors (Lipinski definition) is 2. The second kappa shape index (κ2) is 5.54. The lowest BCUT2D eigenvalue weighted by atomic mass is 9.94. The van der Waals surface area contributed by atoms with E-state index in [9.17, 15) is 0 Å². The van der Waals surface area contributed by atoms with Gasteiger partial charge in [0.1, 0.15) is 0 Å². The molecular weight excluding hydrogens is 386 g/mol. The highest BCUT2D eigenvalue weighted by molar-refractivity contribution is 9.10. The Hall–Kier alpha value is -1.44. The Bertz CT molecular complexity index is 926. The van der Waals surface area contributed by atoms with Gasteiger partial charge < -0.3 is 16.0 Å². The lowest BCUT2D eigenvalue weighted by Gasteiger charge is -2.24. The Morgan fingerprint density at radius 1 is 1.29 bits per heavy atom. The molecule has 3 aromatic rings. The first-order valence-corrected chi connectivity index (χ1v) is 9.93. The van der Waals surface area contributed by atoms with Crippen LogP contribution in [0.15, 0.2) is 22.7 Å². The smallest absolute Gasteiger partial charge is 0.222 e. The number of halogens is 1. The normalized spacial score (nSPS) is 24.0. The van der Waals surface area contributed by atoms with Gasteiger partial charge in [-0.2, -0.15) is 4.98 Å². The van der Waals surface area contributed by atoms with Crippen molar-refractivity contribution in [3.05, 3.63) is 22.7 Å². The number of nitrogens with two attached hydrogens (primary N) is 1. The molecule has 7 heteroatoms. The topological polar surface area (TPSA) is 67.1 Å². The zero-order valence-electron chi connectivity index (χ0n) is 13.1. The summed E-state index contributed by atoms with van der Waals surface area (Å²) in [4.78, 5) is 11.6. The molecule has 24 heavy (non-hydrogen) atoms. The summed E-state index contributed by atoms with van der Waals surface area (Å²) in [7, 11) is 0. The quantitative estimate of drug-likeness (QED) is 0.651. The van der Waals surface area contributed by atoms with E-state index in [1.54, 1.807) is 11.3 Å². The molecule has 3 N–H and O–H groups in total. The highest BCUT2D eigenvalue weighted by Gasteiger charge is 2.35. The summed E-state index contributed by atoms with van der Waals surface area (Å²) in [6.07, 6.45) is 2.57. The van der Waals surface area contributed by atoms with E-state index in [1.165, 1.54) is 17.5 Å². The summed E-state index contributed by atoms with van der Waals surface area (Å²) in [5.74, 6) is 2.09. The fraction of sp³-hybridized carbons (Fsp3) is 0.412. The molecule has 2 aliphatic heterocycles. The number of fused-ring (bicyclic) bond motifs is 4. The molecule has 0 bridgehead atoms. The van der Waals surface area contributed by atoms with E-state index in [4.69, 9.17) is 5.73 Å². The molecule has 2 saturated heterocycles. The summed E-state index contributed by atoms with van der Waals surface area (Å²) >= 11 is 5.32. The average Bonchev–Trinajstić information content (AvgIpc) is 3.14. The largest absolute Gasteiger partial charge is 0.368 e. The van der Waals surface area contributed by atoms with Crippen molar-refractivity contribution < 1.29 is 0 Å². The molecule has 5 nitrogen and oxygen atoms in total. The molecule has 124 valence electrons. The first kappa shape index (κ1) is 14.9. The highest BCUT2D eigenvalue weighted by Crippen LogP contribution is 2.40. The third-order valence-electron chi connectivity index (χ3n) is 5.17. The molecule has 2 aliphatic rings. The van der Waals surface area contributed by atoms with Crippen molar-refractivity contribution in [2.24, 2.45) is 5.92 Å². The van der Waals surface area contributed by atoms with E-state index in [0.717, 1.165) is 45.5 Å². The second-order valence-corrected chi connectivity index (χ2v) is 8.66. The maximum atomic E-state index is 6.05. The molecule has 0 saturated carbocycles. The number of hydrogen-bond acceptors (Lipinski definition) is 6. The van der Waals surface area contributed by atoms with Gasteiger partial charge in [0.2, 0.25) is 5.95 Å². The number of rotatable bonds is 1. The summed E-state index contributed by atoms with van der Waals surface area (Å²) < 4.78 is 3.45. The minimum atomic E-state index is 0.364. The van der Waals surface area contributed by atoms with Gasteiger partial charge in [-0.25, -0.2) is 4.98 Å². The van der Waals surface area contributed by atoms with Crippen molar-refractivity contribution in [3.63, 3.8) is 0 Å². The van der Waals surface area contributed by atoms with Crippen LogP contribution in [0.25, 0.3) is 20.3 Å². The van der Waals surface area contributed by atoms with E-state index in [2.05, 4.69) is 54.3 Å². The van der Waals surface area contributed by atoms with Crippen LogP contribution in [0.1, 0.15) is 12.8 Å². The average molecular weight is 404 g/mol. The number of nitrogens with zero attached hydrogens (tertiary/aromatic N) is 3. The van der Waals surface area contributed by atoms with Crippen LogP contribution in [0, 0.1) is 5.92 Å². The number of aromatic nitrogens is 2. The Kier molecular flexibility index (Phi) is 3.43. The van der Waals surface area contributed by atoms with Gasteiger partial charge in [-0.15, -0.1) is 11.3 Å². The number of piperidine rings is 1. The summed E-state index contributed by atoms with van der Waals surface area (Å²) in [5, 5.41) is 4.81. The Morgan fingerprint density at radius 2 is 2.21 bits per heavy atom. The number of nitrogen functional groups attached to an aromatic ring is 1. The molecule has 0 amide bonds. The summed E-state index contributed by atoms with van der Waals surface area (Å²) in [6, 6.07) is 6.89. The fourth-order valence-corrected chi connectivity index (χ4v) is 5.76. The third kappa shape index (κ3) is 2.29. The molecule has 4 heterocycles. The van der Waals surface area contributed by atoms with Crippen molar-refractivity contribution in [2.75, 3.05) is 30.3 Å². The van der Waals surface area contributed by atoms with Crippen LogP contribution in [-0.4, -0.2) is 35.6 Å². The van der Waals surface area contributed by atoms with Crippen LogP contribution in [0.4, 0.5) is 11.8 Å². The molecular formula is C17H18BrN5S. The van der Waals surface area contributed by atoms with E-state index in [-0.39, 0.29) is 0 Å². The standard InChI is InChI=1S/C17H18BrN5S/c18-10-3-4-11-13(6-10)24-15-14(11)21-17(19)22-16(15)23-7-9-2-1-5-20-12(9)8-23/h3-4,6,9,12,20H,1-2,5,7-8H2,(H2,19,21,22). The van der Waals surface area contributed by atoms with Crippen LogP contribution >= 0.6 is 27.3 Å². The molecule has 0 aliphatic carbocycles. The zero-order chi connectivity index (χ0) is 16.3. The molecule has 2 unspecified atom stereocenters. The van der Waals surface area contributed by atoms with Crippen LogP contribution in [-0.2, 0) is 0 Å². The van der Waals surface area contributed by atoms with E-state index in [1.807, 2.05) is 0 Å². The van der Waals surface area contributed by atoms with E-state index in [0.29, 0.717) is 17.9 Å². The molecule has 2 fully saturated rings. The minimum Gasteiger partial charge on any atom is -0.368 e. The number of thiophene rings is 1. The Morgan fingerprint density at radius 3 is 3.08 bits per heavy atom. The molecule has 0 radical (unpaired) electrons. The van der Waals surface area contributed by atoms with Gasteiger partial charge in [0, 0.05) is 33.7 Å². The van der Waals surface area contributed by atoms with Gasteiger partial charge in [0.15, 0.2) is 5.82 Å². The number of nitrogens with one attached hydrogen (secondary N) is 1. The predicted octanol–water partition coefficient (Wildman–Crippen LogP) is 3.38. The van der Waals surface area contributed by atoms with E-state index >= 15 is 0 Å². The fourth-order valence-electron chi connectivity index (χ4n) is 4.05. The van der Waals surface area contributed by atoms with Crippen LogP contribution in [0.5, 0.6) is 0 Å². The van der Waals surface area contributed by atoms with Crippen LogP contribution in [0.2, 0.25) is 0 Å². The number of benzene rings is 1. The van der Waals surface area contributed by atoms with Crippen LogP contribution in [0.3, 0.4) is 0 Å². The Labute approximate surface area is 152 Å². The minimum absolute atomic E-state index is 0.364. The molecule has 2 atom stereocenters. The van der Waals surface area contributed by atoms with Crippen molar-refractivity contribution in [2.45, 2.75) is 18.9 Å². The zero-order valence-corrected chi connectivity index (χ0v) is 15.5. The van der Waals surface area contributed by atoms with Gasteiger partial charge in [0.05, 0.1) is 10.2 Å². The van der Waals surface area contributed by atoms with Crippen molar-refractivity contribution in [3.8, 4) is 0 Å². The molecule has 1 aromatic carbocycles. The van der Waals surface area contributed by atoms with Crippen LogP contribution < -0.4 is 16.0 Å². The van der Waals surface area contributed by atoms with Gasteiger partial charge >= 0.3 is 0 Å². The lowest BCUT2D eigenvalue weighted by molar-refractivity contribution is 0.340. The monoisotopic (exact) mass is 403 g/mol. The number of anilines is 2. The maximum Gasteiger partial charge on any atom is 0.222 e. The molecule has 5 rings (SSSR count). The predicted molar refractivity (Wildman–Crippen MR) is 104 cm³/mol. The van der Waals surface area contributed by atoms with Gasteiger partial charge in [-0.05, 0) is 37.4 Å². The molecule has 0 spiro atoms. The van der Waals surface area contributed by atoms with Gasteiger partial charge in [-0.3, -0.25) is 0 Å². The maximum absolute atomic E-state index is 6.05. The second-order valence-electron chi connectivity index (χ2n) is 6.69. The van der Waals surface area contributed by atoms with Gasteiger partial charge in [0.25, 0.3) is 0 Å². The van der Waals surface area contributed by atoms with Gasteiger partial charge in [-0.1, -0.05) is 22.0 Å². The highest BCUT2D eigenvalue weighted by atomic mass is 79.9. The van der Waals surface area contributed by atoms with Crippen molar-refractivity contribution in [1.29, 1.82) is 0 Å². The van der Waals surface area contributed by atoms with Crippen molar-refractivity contribution >= 4 is 59.3 Å². The molecule has 2 aromatic heterocycles. The summed E-state index contributed by atoms with van der Waals surface area (Å²) in [5.41, 5.74) is 7.03. The Balaban J connectivity index is 1.66. The summed E-state index contributed by atoms with van der Waals surface area (Å²) in [6.45, 7) is 3.20. The SMILES string of the molecule is Nc1nc(N2CC3CCCNC3C2)c2sc3cc(Br)ccc3c2n1. The van der Waals surface area contributed by atoms with Crippen molar-refractivity contribution in [1.82, 2.24) is 15.3 Å². The lowest BCUT2D eigenvalue weighted by Crippen LogP contribution is -2.40. The first-order valence-electron chi connectivity index (χ1n) is 8.32. The first-order chi connectivity index (χ1) is 11.7. The van der Waals surface area contributed by atoms with E-state index < -0.39 is 0 Å².